The summed E-state index contributed by atoms with van der Waals surface area (Å²) in [7, 11) is 4.95. The van der Waals surface area contributed by atoms with Crippen molar-refractivity contribution in [1.29, 1.82) is 0 Å². The number of benzene rings is 2. The minimum absolute atomic E-state index is 0.00399. The molecule has 7 nitrogen and oxygen atoms in total. The molecule has 1 unspecified atom stereocenters. The van der Waals surface area contributed by atoms with Crippen LogP contribution in [0.1, 0.15) is 12.0 Å². The van der Waals surface area contributed by atoms with E-state index in [9.17, 15) is 4.79 Å². The number of guanidine groups is 1. The van der Waals surface area contributed by atoms with Gasteiger partial charge < -0.3 is 25.0 Å². The van der Waals surface area contributed by atoms with Gasteiger partial charge in [-0.1, -0.05) is 24.3 Å². The lowest BCUT2D eigenvalue weighted by molar-refractivity contribution is -0.117. The van der Waals surface area contributed by atoms with Gasteiger partial charge in [0.25, 0.3) is 0 Å². The van der Waals surface area contributed by atoms with Crippen molar-refractivity contribution in [1.82, 2.24) is 10.6 Å². The van der Waals surface area contributed by atoms with Crippen molar-refractivity contribution in [3.8, 4) is 11.5 Å². The van der Waals surface area contributed by atoms with Crippen molar-refractivity contribution in [2.24, 2.45) is 4.99 Å². The smallest absolute Gasteiger partial charge is 0.229 e. The van der Waals surface area contributed by atoms with E-state index in [1.165, 1.54) is 0 Å². The van der Waals surface area contributed by atoms with Gasteiger partial charge in [-0.15, -0.1) is 0 Å². The van der Waals surface area contributed by atoms with Crippen LogP contribution in [0, 0.1) is 0 Å². The first-order valence-electron chi connectivity index (χ1n) is 9.18. The SMILES string of the molecule is CN=C(NCc1ccc(OC)c(OC)c1)NC1CC(=O)N(c2ccccc2)C1. The normalized spacial score (nSPS) is 16.8. The summed E-state index contributed by atoms with van der Waals surface area (Å²) < 4.78 is 10.6. The first kappa shape index (κ1) is 19.5. The maximum absolute atomic E-state index is 12.4. The third kappa shape index (κ3) is 4.54. The molecule has 3 rings (SSSR count). The van der Waals surface area contributed by atoms with E-state index in [0.29, 0.717) is 37.0 Å². The van der Waals surface area contributed by atoms with Crippen molar-refractivity contribution in [2.75, 3.05) is 32.7 Å². The van der Waals surface area contributed by atoms with Crippen molar-refractivity contribution >= 4 is 17.6 Å². The zero-order valence-electron chi connectivity index (χ0n) is 16.4. The van der Waals surface area contributed by atoms with Crippen LogP contribution in [0.15, 0.2) is 53.5 Å². The molecule has 1 aliphatic heterocycles. The Hall–Kier alpha value is -3.22. The number of hydrogen-bond acceptors (Lipinski definition) is 4. The van der Waals surface area contributed by atoms with Gasteiger partial charge >= 0.3 is 0 Å². The van der Waals surface area contributed by atoms with E-state index in [1.807, 2.05) is 48.5 Å². The number of para-hydroxylation sites is 1. The lowest BCUT2D eigenvalue weighted by Gasteiger charge is -2.19. The number of rotatable bonds is 6. The van der Waals surface area contributed by atoms with Gasteiger partial charge in [-0.25, -0.2) is 0 Å². The molecule has 0 saturated carbocycles. The average molecular weight is 382 g/mol. The highest BCUT2D eigenvalue weighted by molar-refractivity contribution is 5.97. The van der Waals surface area contributed by atoms with Gasteiger partial charge in [-0.2, -0.15) is 0 Å². The molecule has 1 saturated heterocycles. The molecule has 2 aromatic carbocycles. The highest BCUT2D eigenvalue weighted by Gasteiger charge is 2.31. The van der Waals surface area contributed by atoms with Crippen LogP contribution in [0.4, 0.5) is 5.69 Å². The number of ether oxygens (including phenoxy) is 2. The number of nitrogens with one attached hydrogen (secondary N) is 2. The van der Waals surface area contributed by atoms with Crippen molar-refractivity contribution in [3.63, 3.8) is 0 Å². The summed E-state index contributed by atoms with van der Waals surface area (Å²) >= 11 is 0. The highest BCUT2D eigenvalue weighted by Crippen LogP contribution is 2.27. The third-order valence-corrected chi connectivity index (χ3v) is 4.67. The number of amides is 1. The third-order valence-electron chi connectivity index (χ3n) is 4.67. The Kier molecular flexibility index (Phi) is 6.37. The second kappa shape index (κ2) is 9.12. The van der Waals surface area contributed by atoms with Crippen molar-refractivity contribution < 1.29 is 14.3 Å². The highest BCUT2D eigenvalue weighted by atomic mass is 16.5. The van der Waals surface area contributed by atoms with Gasteiger partial charge in [0.15, 0.2) is 17.5 Å². The lowest BCUT2D eigenvalue weighted by Crippen LogP contribution is -2.44. The van der Waals surface area contributed by atoms with E-state index < -0.39 is 0 Å². The predicted molar refractivity (Wildman–Crippen MR) is 110 cm³/mol. The van der Waals surface area contributed by atoms with Gasteiger partial charge in [-0.05, 0) is 29.8 Å². The topological polar surface area (TPSA) is 75.2 Å². The van der Waals surface area contributed by atoms with Gasteiger partial charge in [0, 0.05) is 32.2 Å². The van der Waals surface area contributed by atoms with Gasteiger partial charge in [0.2, 0.25) is 5.91 Å². The Bertz CT molecular complexity index is 839. The van der Waals surface area contributed by atoms with Crippen molar-refractivity contribution in [3.05, 3.63) is 54.1 Å². The van der Waals surface area contributed by atoms with E-state index in [-0.39, 0.29) is 11.9 Å². The summed E-state index contributed by atoms with van der Waals surface area (Å²) in [5, 5.41) is 6.62. The zero-order chi connectivity index (χ0) is 19.9. The number of methoxy groups -OCH3 is 2. The summed E-state index contributed by atoms with van der Waals surface area (Å²) in [6.45, 7) is 1.18. The second-order valence-corrected chi connectivity index (χ2v) is 6.50. The minimum atomic E-state index is 0.00399. The number of hydrogen-bond donors (Lipinski definition) is 2. The van der Waals surface area contributed by atoms with E-state index in [0.717, 1.165) is 11.3 Å². The van der Waals surface area contributed by atoms with Crippen LogP contribution in [-0.2, 0) is 11.3 Å². The monoisotopic (exact) mass is 382 g/mol. The molecule has 0 bridgehead atoms. The molecule has 2 aromatic rings. The molecule has 148 valence electrons. The molecule has 0 radical (unpaired) electrons. The molecular formula is C21H26N4O3. The maximum atomic E-state index is 12.4. The Balaban J connectivity index is 1.57. The lowest BCUT2D eigenvalue weighted by atomic mass is 10.2. The fourth-order valence-corrected chi connectivity index (χ4v) is 3.23. The molecule has 2 N–H and O–H groups in total. The molecule has 0 aromatic heterocycles. The standard InChI is InChI=1S/C21H26N4O3/c1-22-21(23-13-15-9-10-18(27-2)19(11-15)28-3)24-16-12-20(26)25(14-16)17-7-5-4-6-8-17/h4-11,16H,12-14H2,1-3H3,(H2,22,23,24). The van der Waals surface area contributed by atoms with Gasteiger partial charge in [-0.3, -0.25) is 9.79 Å². The van der Waals surface area contributed by atoms with Crippen LogP contribution in [0.3, 0.4) is 0 Å². The Morgan fingerprint density at radius 3 is 2.57 bits per heavy atom. The predicted octanol–water partition coefficient (Wildman–Crippen LogP) is 2.17. The molecule has 0 spiro atoms. The van der Waals surface area contributed by atoms with Gasteiger partial charge in [0.05, 0.1) is 20.3 Å². The van der Waals surface area contributed by atoms with Crippen LogP contribution < -0.4 is 25.0 Å². The number of nitrogens with zero attached hydrogens (tertiary/aromatic N) is 2. The molecular weight excluding hydrogens is 356 g/mol. The fraction of sp³-hybridized carbons (Fsp3) is 0.333. The minimum Gasteiger partial charge on any atom is -0.493 e. The summed E-state index contributed by atoms with van der Waals surface area (Å²) in [5.74, 6) is 2.14. The van der Waals surface area contributed by atoms with Crippen molar-refractivity contribution in [2.45, 2.75) is 19.0 Å². The fourth-order valence-electron chi connectivity index (χ4n) is 3.23. The Morgan fingerprint density at radius 2 is 1.89 bits per heavy atom. The molecule has 1 amide bonds. The van der Waals surface area contributed by atoms with E-state index in [1.54, 1.807) is 26.2 Å². The largest absolute Gasteiger partial charge is 0.493 e. The van der Waals surface area contributed by atoms with Crippen LogP contribution in [0.5, 0.6) is 11.5 Å². The average Bonchev–Trinajstić information content (AvgIpc) is 3.11. The summed E-state index contributed by atoms with van der Waals surface area (Å²) in [5.41, 5.74) is 1.96. The quantitative estimate of drug-likeness (QED) is 0.592. The van der Waals surface area contributed by atoms with Crippen LogP contribution in [-0.4, -0.2) is 45.7 Å². The van der Waals surface area contributed by atoms with Crippen LogP contribution in [0.25, 0.3) is 0 Å². The number of carbonyl (C=O) groups is 1. The molecule has 1 heterocycles. The van der Waals surface area contributed by atoms with E-state index >= 15 is 0 Å². The van der Waals surface area contributed by atoms with E-state index in [4.69, 9.17) is 9.47 Å². The number of anilines is 1. The molecule has 1 fully saturated rings. The van der Waals surface area contributed by atoms with E-state index in [2.05, 4.69) is 15.6 Å². The maximum Gasteiger partial charge on any atom is 0.229 e. The second-order valence-electron chi connectivity index (χ2n) is 6.50. The first-order valence-corrected chi connectivity index (χ1v) is 9.18. The Morgan fingerprint density at radius 1 is 1.14 bits per heavy atom. The Labute approximate surface area is 165 Å². The molecule has 1 aliphatic rings. The first-order chi connectivity index (χ1) is 13.6. The van der Waals surface area contributed by atoms with Crippen LogP contribution in [0.2, 0.25) is 0 Å². The molecule has 7 heteroatoms. The summed E-state index contributed by atoms with van der Waals surface area (Å²) in [6, 6.07) is 15.5. The van der Waals surface area contributed by atoms with Gasteiger partial charge in [0.1, 0.15) is 0 Å². The van der Waals surface area contributed by atoms with Crippen LogP contribution >= 0.6 is 0 Å². The molecule has 28 heavy (non-hydrogen) atoms. The number of aliphatic imine (C=N–C) groups is 1. The summed E-state index contributed by atoms with van der Waals surface area (Å²) in [4.78, 5) is 18.4. The number of carbonyl (C=O) groups excluding carboxylic acids is 1. The zero-order valence-corrected chi connectivity index (χ0v) is 16.4. The molecule has 0 aliphatic carbocycles. The molecule has 1 atom stereocenters. The summed E-state index contributed by atoms with van der Waals surface area (Å²) in [6.07, 6.45) is 0.436.